The van der Waals surface area contributed by atoms with Crippen molar-refractivity contribution < 1.29 is 14.3 Å². The maximum Gasteiger partial charge on any atom is 0.317 e. The molecule has 0 saturated heterocycles. The highest BCUT2D eigenvalue weighted by atomic mass is 19.1. The van der Waals surface area contributed by atoms with Gasteiger partial charge in [0, 0.05) is 17.7 Å². The number of halogens is 1. The zero-order valence-electron chi connectivity index (χ0n) is 17.1. The van der Waals surface area contributed by atoms with Crippen LogP contribution in [0.1, 0.15) is 5.56 Å². The van der Waals surface area contributed by atoms with Crippen molar-refractivity contribution in [3.8, 4) is 28.1 Å². The van der Waals surface area contributed by atoms with E-state index in [0.717, 1.165) is 22.4 Å². The van der Waals surface area contributed by atoms with Gasteiger partial charge in [-0.15, -0.1) is 0 Å². The van der Waals surface area contributed by atoms with Crippen molar-refractivity contribution in [1.29, 1.82) is 0 Å². The Morgan fingerprint density at radius 3 is 2.29 bits per heavy atom. The molecular formula is C25H22FN3O2. The maximum atomic E-state index is 14.7. The van der Waals surface area contributed by atoms with E-state index in [1.165, 1.54) is 6.07 Å². The molecule has 0 spiro atoms. The molecule has 0 fully saturated rings. The third-order valence-electron chi connectivity index (χ3n) is 5.04. The molecule has 0 aliphatic rings. The van der Waals surface area contributed by atoms with Crippen LogP contribution < -0.4 is 0 Å². The summed E-state index contributed by atoms with van der Waals surface area (Å²) >= 11 is 0. The molecule has 0 amide bonds. The van der Waals surface area contributed by atoms with Crippen molar-refractivity contribution in [3.05, 3.63) is 96.4 Å². The molecule has 0 atom stereocenters. The quantitative estimate of drug-likeness (QED) is 0.468. The highest BCUT2D eigenvalue weighted by Gasteiger charge is 2.19. The van der Waals surface area contributed by atoms with Crippen LogP contribution in [0.2, 0.25) is 0 Å². The molecule has 1 N–H and O–H groups in total. The van der Waals surface area contributed by atoms with Gasteiger partial charge in [0.05, 0.1) is 24.1 Å². The van der Waals surface area contributed by atoms with Gasteiger partial charge in [0.25, 0.3) is 0 Å². The zero-order chi connectivity index (χ0) is 21.8. The van der Waals surface area contributed by atoms with Crippen molar-refractivity contribution in [2.45, 2.75) is 6.54 Å². The third-order valence-corrected chi connectivity index (χ3v) is 5.04. The predicted molar refractivity (Wildman–Crippen MR) is 118 cm³/mol. The molecule has 3 aromatic carbocycles. The van der Waals surface area contributed by atoms with Crippen LogP contribution >= 0.6 is 0 Å². The number of hydrogen-bond acceptors (Lipinski definition) is 3. The standard InChI is InChI=1S/C25H22FN3O2/c1-28(17-24(30)31)16-20-15-27-29(25(20)22-9-5-6-10-23(22)26)21-13-11-19(12-14-21)18-7-3-2-4-8-18/h2-15H,16-17H2,1H3,(H,30,31). The fourth-order valence-electron chi connectivity index (χ4n) is 3.64. The Balaban J connectivity index is 1.75. The van der Waals surface area contributed by atoms with Gasteiger partial charge < -0.3 is 5.11 Å². The van der Waals surface area contributed by atoms with Gasteiger partial charge in [0.1, 0.15) is 5.82 Å². The Morgan fingerprint density at radius 2 is 1.61 bits per heavy atom. The van der Waals surface area contributed by atoms with E-state index >= 15 is 0 Å². The van der Waals surface area contributed by atoms with Gasteiger partial charge >= 0.3 is 5.97 Å². The Morgan fingerprint density at radius 1 is 0.968 bits per heavy atom. The lowest BCUT2D eigenvalue weighted by Crippen LogP contribution is -2.25. The molecule has 31 heavy (non-hydrogen) atoms. The van der Waals surface area contributed by atoms with Crippen LogP contribution in [0.3, 0.4) is 0 Å². The summed E-state index contributed by atoms with van der Waals surface area (Å²) in [6.45, 7) is 0.214. The summed E-state index contributed by atoms with van der Waals surface area (Å²) in [5, 5.41) is 13.6. The molecular weight excluding hydrogens is 393 g/mol. The topological polar surface area (TPSA) is 58.4 Å². The number of likely N-dealkylation sites (N-methyl/N-ethyl adjacent to an activating group) is 1. The number of benzene rings is 3. The molecule has 0 radical (unpaired) electrons. The van der Waals surface area contributed by atoms with Crippen molar-refractivity contribution in [2.24, 2.45) is 0 Å². The first kappa shape index (κ1) is 20.5. The first-order chi connectivity index (χ1) is 15.0. The van der Waals surface area contributed by atoms with Gasteiger partial charge in [-0.05, 0) is 42.4 Å². The van der Waals surface area contributed by atoms with Crippen molar-refractivity contribution in [1.82, 2.24) is 14.7 Å². The summed E-state index contributed by atoms with van der Waals surface area (Å²) in [5.41, 5.74) is 4.77. The van der Waals surface area contributed by atoms with Crippen LogP contribution in [0.4, 0.5) is 4.39 Å². The van der Waals surface area contributed by atoms with Crippen LogP contribution in [0, 0.1) is 5.82 Å². The molecule has 0 aliphatic carbocycles. The summed E-state index contributed by atoms with van der Waals surface area (Å²) in [4.78, 5) is 12.7. The predicted octanol–water partition coefficient (Wildman–Crippen LogP) is 4.86. The van der Waals surface area contributed by atoms with E-state index < -0.39 is 5.97 Å². The molecule has 1 heterocycles. The number of carbonyl (C=O) groups is 1. The lowest BCUT2D eigenvalue weighted by molar-refractivity contribution is -0.138. The molecule has 5 nitrogen and oxygen atoms in total. The van der Waals surface area contributed by atoms with Gasteiger partial charge in [-0.3, -0.25) is 9.69 Å². The number of aromatic nitrogens is 2. The fraction of sp³-hybridized carbons (Fsp3) is 0.120. The molecule has 4 aromatic rings. The molecule has 0 saturated carbocycles. The van der Waals surface area contributed by atoms with Crippen molar-refractivity contribution >= 4 is 5.97 Å². The Kier molecular flexibility index (Phi) is 5.91. The lowest BCUT2D eigenvalue weighted by atomic mass is 10.0. The summed E-state index contributed by atoms with van der Waals surface area (Å²) in [5.74, 6) is -1.27. The monoisotopic (exact) mass is 415 g/mol. The highest BCUT2D eigenvalue weighted by molar-refractivity contribution is 5.70. The van der Waals surface area contributed by atoms with Crippen molar-refractivity contribution in [2.75, 3.05) is 13.6 Å². The second kappa shape index (κ2) is 8.93. The highest BCUT2D eigenvalue weighted by Crippen LogP contribution is 2.30. The molecule has 0 aliphatic heterocycles. The molecule has 0 bridgehead atoms. The van der Waals surface area contributed by atoms with Gasteiger partial charge in [0.2, 0.25) is 0 Å². The normalized spacial score (nSPS) is 11.1. The van der Waals surface area contributed by atoms with Crippen LogP contribution in [0.25, 0.3) is 28.1 Å². The van der Waals surface area contributed by atoms with Gasteiger partial charge in [-0.1, -0.05) is 54.6 Å². The number of aliphatic carboxylic acids is 1. The van der Waals surface area contributed by atoms with Crippen LogP contribution in [0.15, 0.2) is 85.1 Å². The van der Waals surface area contributed by atoms with E-state index in [0.29, 0.717) is 17.8 Å². The van der Waals surface area contributed by atoms with E-state index in [9.17, 15) is 9.18 Å². The van der Waals surface area contributed by atoms with Crippen LogP contribution in [-0.4, -0.2) is 39.3 Å². The minimum absolute atomic E-state index is 0.117. The summed E-state index contributed by atoms with van der Waals surface area (Å²) in [6, 6.07) is 24.5. The SMILES string of the molecule is CN(CC(=O)O)Cc1cnn(-c2ccc(-c3ccccc3)cc2)c1-c1ccccc1F. The number of hydrogen-bond donors (Lipinski definition) is 1. The molecule has 4 rings (SSSR count). The third kappa shape index (κ3) is 4.54. The largest absolute Gasteiger partial charge is 0.480 e. The summed E-state index contributed by atoms with van der Waals surface area (Å²) in [7, 11) is 1.71. The molecule has 0 unspecified atom stereocenters. The van der Waals surface area contributed by atoms with E-state index in [4.69, 9.17) is 5.11 Å². The van der Waals surface area contributed by atoms with Gasteiger partial charge in [0.15, 0.2) is 0 Å². The summed E-state index contributed by atoms with van der Waals surface area (Å²) in [6.07, 6.45) is 1.67. The van der Waals surface area contributed by atoms with E-state index in [2.05, 4.69) is 5.10 Å². The minimum atomic E-state index is -0.918. The maximum absolute atomic E-state index is 14.7. The number of carboxylic acids is 1. The Hall–Kier alpha value is -3.77. The zero-order valence-corrected chi connectivity index (χ0v) is 17.1. The smallest absolute Gasteiger partial charge is 0.317 e. The first-order valence-electron chi connectivity index (χ1n) is 9.91. The average Bonchev–Trinajstić information content (AvgIpc) is 3.17. The van der Waals surface area contributed by atoms with Gasteiger partial charge in [-0.25, -0.2) is 9.07 Å². The Labute approximate surface area is 180 Å². The average molecular weight is 415 g/mol. The molecule has 156 valence electrons. The van der Waals surface area contributed by atoms with Crippen LogP contribution in [-0.2, 0) is 11.3 Å². The second-order valence-corrected chi connectivity index (χ2v) is 7.39. The Bertz CT molecular complexity index is 1190. The number of rotatable bonds is 7. The van der Waals surface area contributed by atoms with E-state index in [1.54, 1.807) is 41.0 Å². The summed E-state index contributed by atoms with van der Waals surface area (Å²) < 4.78 is 16.4. The minimum Gasteiger partial charge on any atom is -0.480 e. The van der Waals surface area contributed by atoms with E-state index in [1.807, 2.05) is 54.6 Å². The lowest BCUT2D eigenvalue weighted by Gasteiger charge is -2.16. The van der Waals surface area contributed by atoms with Crippen LogP contribution in [0.5, 0.6) is 0 Å². The number of carboxylic acid groups (broad SMARTS) is 1. The van der Waals surface area contributed by atoms with Crippen molar-refractivity contribution in [3.63, 3.8) is 0 Å². The molecule has 1 aromatic heterocycles. The number of nitrogens with zero attached hydrogens (tertiary/aromatic N) is 3. The van der Waals surface area contributed by atoms with E-state index in [-0.39, 0.29) is 12.4 Å². The fourth-order valence-corrected chi connectivity index (χ4v) is 3.64. The molecule has 6 heteroatoms. The van der Waals surface area contributed by atoms with Gasteiger partial charge in [-0.2, -0.15) is 5.10 Å². The second-order valence-electron chi connectivity index (χ2n) is 7.39. The first-order valence-corrected chi connectivity index (χ1v) is 9.91.